The lowest BCUT2D eigenvalue weighted by Gasteiger charge is -2.42. The van der Waals surface area contributed by atoms with Crippen LogP contribution in [-0.2, 0) is 15.9 Å². The number of hydrogen-bond acceptors (Lipinski definition) is 11. The van der Waals surface area contributed by atoms with E-state index in [1.165, 1.54) is 12.1 Å². The SMILES string of the molecule is NC1=CC(CCO[C@@H]2[C@@H](Oc3c(Cc4ccccc4)cc4c(c3O)C(=O)c3ccccc3C4=O)O[C@@H](CO)[C@H](O)[C@H]2O)=CCN1. The number of allylic oxidation sites excluding steroid dienone is 1. The molecule has 0 aromatic heterocycles. The van der Waals surface area contributed by atoms with E-state index in [0.717, 1.165) is 11.1 Å². The number of phenols is 1. The minimum Gasteiger partial charge on any atom is -0.504 e. The van der Waals surface area contributed by atoms with E-state index in [2.05, 4.69) is 5.32 Å². The van der Waals surface area contributed by atoms with Gasteiger partial charge in [0.15, 0.2) is 23.1 Å². The average molecular weight is 615 g/mol. The molecular formula is C34H34N2O9. The predicted octanol–water partition coefficient (Wildman–Crippen LogP) is 1.68. The molecule has 0 amide bonds. The number of benzene rings is 3. The van der Waals surface area contributed by atoms with Gasteiger partial charge in [-0.2, -0.15) is 0 Å². The zero-order valence-electron chi connectivity index (χ0n) is 24.3. The minimum absolute atomic E-state index is 0.0399. The van der Waals surface area contributed by atoms with Crippen molar-refractivity contribution in [1.82, 2.24) is 5.32 Å². The van der Waals surface area contributed by atoms with Crippen LogP contribution in [-0.4, -0.2) is 82.5 Å². The van der Waals surface area contributed by atoms with Crippen molar-refractivity contribution in [1.29, 1.82) is 0 Å². The summed E-state index contributed by atoms with van der Waals surface area (Å²) >= 11 is 0. The van der Waals surface area contributed by atoms with Crippen LogP contribution in [0.5, 0.6) is 11.5 Å². The van der Waals surface area contributed by atoms with Crippen LogP contribution in [0.25, 0.3) is 0 Å². The highest BCUT2D eigenvalue weighted by Gasteiger charge is 2.47. The lowest BCUT2D eigenvalue weighted by atomic mass is 9.82. The van der Waals surface area contributed by atoms with Crippen molar-refractivity contribution in [2.24, 2.45) is 5.73 Å². The number of aromatic hydroxyl groups is 1. The van der Waals surface area contributed by atoms with Gasteiger partial charge < -0.3 is 45.7 Å². The Balaban J connectivity index is 1.37. The fourth-order valence-electron chi connectivity index (χ4n) is 5.89. The molecule has 7 N–H and O–H groups in total. The van der Waals surface area contributed by atoms with Gasteiger partial charge in [-0.1, -0.05) is 60.7 Å². The number of aliphatic hydroxyl groups excluding tert-OH is 3. The summed E-state index contributed by atoms with van der Waals surface area (Å²) in [6.07, 6.45) is -2.60. The summed E-state index contributed by atoms with van der Waals surface area (Å²) in [7, 11) is 0. The Labute approximate surface area is 259 Å². The number of hydrogen-bond donors (Lipinski definition) is 6. The van der Waals surface area contributed by atoms with Gasteiger partial charge in [-0.05, 0) is 29.7 Å². The van der Waals surface area contributed by atoms with Crippen LogP contribution in [0, 0.1) is 0 Å². The largest absolute Gasteiger partial charge is 0.504 e. The van der Waals surface area contributed by atoms with E-state index >= 15 is 0 Å². The predicted molar refractivity (Wildman–Crippen MR) is 162 cm³/mol. The first kappa shape index (κ1) is 30.5. The Kier molecular flexibility index (Phi) is 8.70. The Morgan fingerprint density at radius 1 is 0.956 bits per heavy atom. The van der Waals surface area contributed by atoms with Crippen LogP contribution in [0.15, 0.2) is 84.2 Å². The van der Waals surface area contributed by atoms with Crippen LogP contribution >= 0.6 is 0 Å². The molecule has 11 nitrogen and oxygen atoms in total. The summed E-state index contributed by atoms with van der Waals surface area (Å²) < 4.78 is 18.1. The molecule has 3 aromatic rings. The van der Waals surface area contributed by atoms with E-state index in [-0.39, 0.29) is 41.0 Å². The van der Waals surface area contributed by atoms with Crippen molar-refractivity contribution < 1.29 is 44.2 Å². The number of ketones is 2. The van der Waals surface area contributed by atoms with Crippen LogP contribution in [0.4, 0.5) is 0 Å². The molecular weight excluding hydrogens is 580 g/mol. The Morgan fingerprint density at radius 2 is 1.67 bits per heavy atom. The summed E-state index contributed by atoms with van der Waals surface area (Å²) in [5, 5.41) is 46.2. The number of ether oxygens (including phenoxy) is 3. The standard InChI is InChI=1S/C34H34N2O9/c35-25-15-19(10-12-36-25)11-13-43-33-31(42)29(40)24(17-37)44-34(33)45-32-20(14-18-6-2-1-3-7-18)16-23-26(30(32)41)28(39)22-9-5-4-8-21(22)27(23)38/h1-10,15-16,24,29,31,33-34,36-37,40-42H,11-14,17,35H2/t24-,29-,31+,33-,34+/m0/s1. The van der Waals surface area contributed by atoms with Crippen molar-refractivity contribution >= 4 is 11.6 Å². The Bertz CT molecular complexity index is 1670. The molecule has 1 saturated heterocycles. The molecule has 1 fully saturated rings. The molecule has 45 heavy (non-hydrogen) atoms. The Hall–Kier alpha value is -4.52. The quantitative estimate of drug-likeness (QED) is 0.161. The van der Waals surface area contributed by atoms with Gasteiger partial charge in [0.05, 0.1) is 24.6 Å². The van der Waals surface area contributed by atoms with E-state index in [1.54, 1.807) is 24.3 Å². The van der Waals surface area contributed by atoms with E-state index in [1.807, 2.05) is 36.4 Å². The number of nitrogens with two attached hydrogens (primary N) is 1. The van der Waals surface area contributed by atoms with Crippen molar-refractivity contribution in [2.45, 2.75) is 43.5 Å². The molecule has 0 unspecified atom stereocenters. The van der Waals surface area contributed by atoms with Crippen LogP contribution in [0.1, 0.15) is 49.4 Å². The highest BCUT2D eigenvalue weighted by Crippen LogP contribution is 2.43. The normalized spacial score (nSPS) is 24.2. The van der Waals surface area contributed by atoms with Gasteiger partial charge in [0.2, 0.25) is 6.29 Å². The molecule has 5 atom stereocenters. The van der Waals surface area contributed by atoms with E-state index in [9.17, 15) is 30.0 Å². The summed E-state index contributed by atoms with van der Waals surface area (Å²) in [6, 6.07) is 17.2. The summed E-state index contributed by atoms with van der Waals surface area (Å²) in [5.41, 5.74) is 8.20. The number of fused-ring (bicyclic) bond motifs is 2. The first-order valence-corrected chi connectivity index (χ1v) is 14.7. The second kappa shape index (κ2) is 12.8. The van der Waals surface area contributed by atoms with Crippen LogP contribution < -0.4 is 15.8 Å². The number of carbonyl (C=O) groups is 2. The fourth-order valence-corrected chi connectivity index (χ4v) is 5.89. The first-order chi connectivity index (χ1) is 21.8. The molecule has 11 heteroatoms. The molecule has 0 saturated carbocycles. The van der Waals surface area contributed by atoms with Gasteiger partial charge in [0, 0.05) is 35.2 Å². The summed E-state index contributed by atoms with van der Waals surface area (Å²) in [5.74, 6) is -1.14. The van der Waals surface area contributed by atoms with Crippen molar-refractivity contribution in [3.63, 3.8) is 0 Å². The van der Waals surface area contributed by atoms with Gasteiger partial charge in [-0.3, -0.25) is 9.59 Å². The lowest BCUT2D eigenvalue weighted by molar-refractivity contribution is -0.287. The van der Waals surface area contributed by atoms with Crippen molar-refractivity contribution in [2.75, 3.05) is 19.8 Å². The zero-order chi connectivity index (χ0) is 31.7. The van der Waals surface area contributed by atoms with Gasteiger partial charge in [0.25, 0.3) is 0 Å². The second-order valence-electron chi connectivity index (χ2n) is 11.2. The smallest absolute Gasteiger partial charge is 0.229 e. The molecule has 2 aliphatic heterocycles. The third kappa shape index (κ3) is 5.96. The maximum Gasteiger partial charge on any atom is 0.229 e. The van der Waals surface area contributed by atoms with Crippen LogP contribution in [0.2, 0.25) is 0 Å². The zero-order valence-corrected chi connectivity index (χ0v) is 24.3. The average Bonchev–Trinajstić information content (AvgIpc) is 3.04. The molecule has 1 aliphatic carbocycles. The first-order valence-electron chi connectivity index (χ1n) is 14.7. The number of aliphatic hydroxyl groups is 3. The topological polar surface area (TPSA) is 181 Å². The van der Waals surface area contributed by atoms with Gasteiger partial charge in [0.1, 0.15) is 24.4 Å². The number of phenolic OH excluding ortho intramolecular Hbond substituents is 1. The molecule has 3 aromatic carbocycles. The highest BCUT2D eigenvalue weighted by atomic mass is 16.7. The molecule has 2 heterocycles. The van der Waals surface area contributed by atoms with E-state index in [0.29, 0.717) is 24.4 Å². The fraction of sp³-hybridized carbons (Fsp3) is 0.294. The number of nitrogens with one attached hydrogen (secondary N) is 1. The van der Waals surface area contributed by atoms with Gasteiger partial charge >= 0.3 is 0 Å². The number of rotatable bonds is 9. The Morgan fingerprint density at radius 3 is 2.38 bits per heavy atom. The highest BCUT2D eigenvalue weighted by molar-refractivity contribution is 6.29. The van der Waals surface area contributed by atoms with Crippen LogP contribution in [0.3, 0.4) is 0 Å². The van der Waals surface area contributed by atoms with Crippen molar-refractivity contribution in [3.8, 4) is 11.5 Å². The summed E-state index contributed by atoms with van der Waals surface area (Å²) in [6.45, 7) is 0.0163. The third-order valence-electron chi connectivity index (χ3n) is 8.23. The third-order valence-corrected chi connectivity index (χ3v) is 8.23. The van der Waals surface area contributed by atoms with Gasteiger partial charge in [-0.25, -0.2) is 0 Å². The van der Waals surface area contributed by atoms with Crippen molar-refractivity contribution in [3.05, 3.63) is 118 Å². The maximum absolute atomic E-state index is 13.6. The molecule has 0 spiro atoms. The molecule has 3 aliphatic rings. The monoisotopic (exact) mass is 614 g/mol. The molecule has 0 bridgehead atoms. The number of dihydropyridines is 1. The van der Waals surface area contributed by atoms with E-state index < -0.39 is 54.6 Å². The maximum atomic E-state index is 13.6. The molecule has 6 rings (SSSR count). The number of carbonyl (C=O) groups excluding carboxylic acids is 2. The minimum atomic E-state index is -1.53. The second-order valence-corrected chi connectivity index (χ2v) is 11.2. The van der Waals surface area contributed by atoms with E-state index in [4.69, 9.17) is 19.9 Å². The van der Waals surface area contributed by atoms with Gasteiger partial charge in [-0.15, -0.1) is 0 Å². The molecule has 0 radical (unpaired) electrons. The lowest BCUT2D eigenvalue weighted by Crippen LogP contribution is -2.61. The molecule has 234 valence electrons. The summed E-state index contributed by atoms with van der Waals surface area (Å²) in [4.78, 5) is 27.1.